The number of fused-ring (bicyclic) bond motifs is 3. The molecule has 1 aliphatic rings. The summed E-state index contributed by atoms with van der Waals surface area (Å²) in [5.74, 6) is -2.68. The van der Waals surface area contributed by atoms with Crippen molar-refractivity contribution in [3.63, 3.8) is 0 Å². The van der Waals surface area contributed by atoms with Crippen LogP contribution in [0.5, 0.6) is 0 Å². The van der Waals surface area contributed by atoms with E-state index in [1.807, 2.05) is 5.38 Å². The van der Waals surface area contributed by atoms with Crippen LogP contribution in [0.25, 0.3) is 10.8 Å². The van der Waals surface area contributed by atoms with Crippen LogP contribution in [0.15, 0.2) is 28.4 Å². The SMILES string of the molecule is CC(CNc1csc(Cl)c1)C(=O)N(C)C1COCc2[nH]c(=O)c3cc(F)c(F)cc3c21. The molecule has 0 spiro atoms. The lowest BCUT2D eigenvalue weighted by atomic mass is 9.94. The molecule has 6 nitrogen and oxygen atoms in total. The van der Waals surface area contributed by atoms with E-state index in [2.05, 4.69) is 10.3 Å². The second-order valence-electron chi connectivity index (χ2n) is 7.56. The fraction of sp³-hybridized carbons (Fsp3) is 0.333. The quantitative estimate of drug-likeness (QED) is 0.586. The van der Waals surface area contributed by atoms with Gasteiger partial charge in [-0.3, -0.25) is 9.59 Å². The molecule has 0 aliphatic carbocycles. The van der Waals surface area contributed by atoms with Gasteiger partial charge in [0, 0.05) is 35.9 Å². The lowest BCUT2D eigenvalue weighted by molar-refractivity contribution is -0.137. The summed E-state index contributed by atoms with van der Waals surface area (Å²) >= 11 is 7.33. The van der Waals surface area contributed by atoms with E-state index in [0.29, 0.717) is 22.1 Å². The van der Waals surface area contributed by atoms with E-state index in [1.165, 1.54) is 16.2 Å². The Kier molecular flexibility index (Phi) is 6.00. The van der Waals surface area contributed by atoms with E-state index >= 15 is 0 Å². The van der Waals surface area contributed by atoms with Crippen molar-refractivity contribution in [3.05, 3.63) is 61.2 Å². The Morgan fingerprint density at radius 2 is 2.06 bits per heavy atom. The molecule has 2 aromatic heterocycles. The van der Waals surface area contributed by atoms with Crippen LogP contribution in [0.4, 0.5) is 14.5 Å². The first-order chi connectivity index (χ1) is 14.8. The Morgan fingerprint density at radius 1 is 1.35 bits per heavy atom. The van der Waals surface area contributed by atoms with Gasteiger partial charge in [-0.25, -0.2) is 8.78 Å². The zero-order chi connectivity index (χ0) is 22.3. The van der Waals surface area contributed by atoms with Crippen molar-refractivity contribution >= 4 is 45.3 Å². The van der Waals surface area contributed by atoms with Crippen LogP contribution in [0, 0.1) is 17.6 Å². The molecule has 0 bridgehead atoms. The number of benzene rings is 1. The molecule has 1 amide bonds. The maximum absolute atomic E-state index is 14.0. The maximum atomic E-state index is 14.0. The number of aromatic amines is 1. The third kappa shape index (κ3) is 4.17. The molecular formula is C21H20ClF2N3O3S. The summed E-state index contributed by atoms with van der Waals surface area (Å²) in [6, 6.07) is 3.13. The minimum absolute atomic E-state index is 0.0365. The highest BCUT2D eigenvalue weighted by Crippen LogP contribution is 2.34. The molecule has 4 rings (SSSR count). The molecule has 3 aromatic rings. The number of amides is 1. The predicted molar refractivity (Wildman–Crippen MR) is 117 cm³/mol. The zero-order valence-corrected chi connectivity index (χ0v) is 18.4. The molecule has 0 saturated heterocycles. The number of nitrogens with zero attached hydrogens (tertiary/aromatic N) is 1. The van der Waals surface area contributed by atoms with Gasteiger partial charge in [0.2, 0.25) is 5.91 Å². The van der Waals surface area contributed by atoms with Gasteiger partial charge in [-0.15, -0.1) is 11.3 Å². The van der Waals surface area contributed by atoms with Crippen molar-refractivity contribution in [1.29, 1.82) is 0 Å². The number of carbonyl (C=O) groups excluding carboxylic acids is 1. The highest BCUT2D eigenvalue weighted by molar-refractivity contribution is 7.14. The van der Waals surface area contributed by atoms with Gasteiger partial charge in [0.15, 0.2) is 11.6 Å². The lowest BCUT2D eigenvalue weighted by Gasteiger charge is -2.35. The van der Waals surface area contributed by atoms with Gasteiger partial charge in [0.05, 0.1) is 34.9 Å². The number of H-pyrrole nitrogens is 1. The topological polar surface area (TPSA) is 74.4 Å². The average Bonchev–Trinajstić information content (AvgIpc) is 3.17. The number of ether oxygens (including phenoxy) is 1. The van der Waals surface area contributed by atoms with Crippen LogP contribution in [0.2, 0.25) is 4.34 Å². The largest absolute Gasteiger partial charge is 0.384 e. The summed E-state index contributed by atoms with van der Waals surface area (Å²) in [4.78, 5) is 29.7. The minimum Gasteiger partial charge on any atom is -0.384 e. The highest BCUT2D eigenvalue weighted by Gasteiger charge is 2.32. The first-order valence-corrected chi connectivity index (χ1v) is 10.9. The second-order valence-corrected chi connectivity index (χ2v) is 9.10. The Morgan fingerprint density at radius 3 is 2.74 bits per heavy atom. The van der Waals surface area contributed by atoms with Crippen LogP contribution in [0.1, 0.15) is 24.2 Å². The monoisotopic (exact) mass is 467 g/mol. The first kappa shape index (κ1) is 21.7. The Labute approximate surface area is 185 Å². The van der Waals surface area contributed by atoms with Gasteiger partial charge < -0.3 is 19.9 Å². The van der Waals surface area contributed by atoms with E-state index in [0.717, 1.165) is 17.8 Å². The number of carbonyl (C=O) groups is 1. The van der Waals surface area contributed by atoms with Crippen molar-refractivity contribution < 1.29 is 18.3 Å². The number of halogens is 3. The smallest absolute Gasteiger partial charge is 0.256 e. The normalized spacial score (nSPS) is 16.7. The van der Waals surface area contributed by atoms with Crippen LogP contribution < -0.4 is 10.9 Å². The van der Waals surface area contributed by atoms with Crippen molar-refractivity contribution in [2.75, 3.05) is 25.5 Å². The number of anilines is 1. The molecule has 2 atom stereocenters. The van der Waals surface area contributed by atoms with Gasteiger partial charge in [0.25, 0.3) is 5.56 Å². The van der Waals surface area contributed by atoms with Gasteiger partial charge in [-0.05, 0) is 23.6 Å². The van der Waals surface area contributed by atoms with Gasteiger partial charge in [0.1, 0.15) is 0 Å². The summed E-state index contributed by atoms with van der Waals surface area (Å²) in [7, 11) is 1.64. The summed E-state index contributed by atoms with van der Waals surface area (Å²) in [6.07, 6.45) is 0. The molecule has 0 fully saturated rings. The van der Waals surface area contributed by atoms with E-state index < -0.39 is 23.2 Å². The highest BCUT2D eigenvalue weighted by atomic mass is 35.5. The predicted octanol–water partition coefficient (Wildman–Crippen LogP) is 4.30. The molecule has 164 valence electrons. The molecular weight excluding hydrogens is 448 g/mol. The van der Waals surface area contributed by atoms with Crippen LogP contribution >= 0.6 is 22.9 Å². The summed E-state index contributed by atoms with van der Waals surface area (Å²) < 4.78 is 34.0. The first-order valence-electron chi connectivity index (χ1n) is 9.62. The molecule has 0 saturated carbocycles. The number of thiophene rings is 1. The fourth-order valence-corrected chi connectivity index (χ4v) is 4.65. The Bertz CT molecular complexity index is 1210. The van der Waals surface area contributed by atoms with Gasteiger partial charge >= 0.3 is 0 Å². The number of pyridine rings is 1. The van der Waals surface area contributed by atoms with Crippen molar-refractivity contribution in [2.24, 2.45) is 5.92 Å². The lowest BCUT2D eigenvalue weighted by Crippen LogP contribution is -2.41. The fourth-order valence-electron chi connectivity index (χ4n) is 3.81. The standard InChI is InChI=1S/C21H20ClF2N3O3S/c1-10(6-25-11-3-18(22)31-9-11)21(29)27(2)17-8-30-7-16-19(17)12-4-14(23)15(24)5-13(12)20(28)26-16/h3-5,9-10,17,25H,6-8H2,1-2H3,(H,26,28). The minimum atomic E-state index is -1.10. The third-order valence-electron chi connectivity index (χ3n) is 5.46. The summed E-state index contributed by atoms with van der Waals surface area (Å²) in [6.45, 7) is 2.48. The molecule has 3 heterocycles. The maximum Gasteiger partial charge on any atom is 0.256 e. The zero-order valence-electron chi connectivity index (χ0n) is 16.8. The molecule has 0 radical (unpaired) electrons. The van der Waals surface area contributed by atoms with E-state index in [-0.39, 0.29) is 35.8 Å². The van der Waals surface area contributed by atoms with E-state index in [4.69, 9.17) is 16.3 Å². The van der Waals surface area contributed by atoms with Gasteiger partial charge in [-0.2, -0.15) is 0 Å². The second kappa shape index (κ2) is 8.57. The van der Waals surface area contributed by atoms with Crippen LogP contribution in [-0.4, -0.2) is 36.0 Å². The number of aromatic nitrogens is 1. The number of rotatable bonds is 5. The van der Waals surface area contributed by atoms with E-state index in [1.54, 1.807) is 20.0 Å². The van der Waals surface area contributed by atoms with Crippen molar-refractivity contribution in [2.45, 2.75) is 19.6 Å². The Balaban J connectivity index is 1.63. The number of likely N-dealkylation sites (N-methyl/N-ethyl adjacent to an activating group) is 1. The molecule has 10 heteroatoms. The number of hydrogen-bond donors (Lipinski definition) is 2. The van der Waals surface area contributed by atoms with Crippen molar-refractivity contribution in [1.82, 2.24) is 9.88 Å². The number of hydrogen-bond acceptors (Lipinski definition) is 5. The summed E-state index contributed by atoms with van der Waals surface area (Å²) in [5.41, 5.74) is 1.33. The van der Waals surface area contributed by atoms with Crippen molar-refractivity contribution in [3.8, 4) is 0 Å². The molecule has 31 heavy (non-hydrogen) atoms. The third-order valence-corrected chi connectivity index (χ3v) is 6.55. The van der Waals surface area contributed by atoms with Gasteiger partial charge in [-0.1, -0.05) is 18.5 Å². The Hall–Kier alpha value is -2.49. The van der Waals surface area contributed by atoms with E-state index in [9.17, 15) is 18.4 Å². The molecule has 2 N–H and O–H groups in total. The molecule has 2 unspecified atom stereocenters. The molecule has 1 aromatic carbocycles. The average molecular weight is 468 g/mol. The van der Waals surface area contributed by atoms with Crippen LogP contribution in [0.3, 0.4) is 0 Å². The summed E-state index contributed by atoms with van der Waals surface area (Å²) in [5, 5.41) is 5.37. The molecule has 1 aliphatic heterocycles. The van der Waals surface area contributed by atoms with Crippen LogP contribution in [-0.2, 0) is 16.1 Å². The number of nitrogens with one attached hydrogen (secondary N) is 2.